The van der Waals surface area contributed by atoms with E-state index in [1.54, 1.807) is 0 Å². The second-order valence-electron chi connectivity index (χ2n) is 6.09. The van der Waals surface area contributed by atoms with Crippen LogP contribution < -0.4 is 11.1 Å². The van der Waals surface area contributed by atoms with Crippen molar-refractivity contribution in [2.45, 2.75) is 44.1 Å². The molecule has 0 aromatic rings. The molecular formula is C12H23BN2O4. The number of rotatable bonds is 5. The zero-order valence-electron chi connectivity index (χ0n) is 11.2. The van der Waals surface area contributed by atoms with Gasteiger partial charge in [-0.2, -0.15) is 0 Å². The molecule has 6 nitrogen and oxygen atoms in total. The average Bonchev–Trinajstić information content (AvgIpc) is 2.79. The number of nitrogens with two attached hydrogens (primary N) is 1. The molecule has 1 aliphatic heterocycles. The Kier molecular flexibility index (Phi) is 4.20. The van der Waals surface area contributed by atoms with E-state index in [9.17, 15) is 9.90 Å². The van der Waals surface area contributed by atoms with Gasteiger partial charge in [0.2, 0.25) is 0 Å². The van der Waals surface area contributed by atoms with Gasteiger partial charge in [-0.1, -0.05) is 6.42 Å². The topological polar surface area (TPSA) is 116 Å². The normalized spacial score (nSPS) is 41.3. The Morgan fingerprint density at radius 1 is 1.47 bits per heavy atom. The second kappa shape index (κ2) is 5.40. The zero-order chi connectivity index (χ0) is 14.2. The summed E-state index contributed by atoms with van der Waals surface area (Å²) in [6.45, 7) is 2.89. The standard InChI is InChI=1S/C12H23BN2O4/c1-7-8-5-12(14,11(16)17)10(9(8)6-15-7)3-2-4-13(18)19/h7-10,15,18-19H,2-6,14H2,1H3,(H,16,17). The van der Waals surface area contributed by atoms with E-state index in [1.807, 2.05) is 0 Å². The van der Waals surface area contributed by atoms with Crippen LogP contribution in [0.4, 0.5) is 0 Å². The fourth-order valence-electron chi connectivity index (χ4n) is 3.93. The molecule has 0 aromatic heterocycles. The Bertz CT molecular complexity index is 355. The Morgan fingerprint density at radius 2 is 2.16 bits per heavy atom. The van der Waals surface area contributed by atoms with Gasteiger partial charge >= 0.3 is 13.1 Å². The van der Waals surface area contributed by atoms with Crippen LogP contribution in [0.2, 0.25) is 6.32 Å². The molecule has 0 bridgehead atoms. The van der Waals surface area contributed by atoms with Crippen molar-refractivity contribution in [3.05, 3.63) is 0 Å². The summed E-state index contributed by atoms with van der Waals surface area (Å²) in [7, 11) is -1.32. The van der Waals surface area contributed by atoms with Gasteiger partial charge in [-0.25, -0.2) is 0 Å². The van der Waals surface area contributed by atoms with Gasteiger partial charge < -0.3 is 26.2 Å². The quantitative estimate of drug-likeness (QED) is 0.420. The fourth-order valence-corrected chi connectivity index (χ4v) is 3.93. The van der Waals surface area contributed by atoms with Crippen molar-refractivity contribution < 1.29 is 19.9 Å². The first kappa shape index (κ1) is 14.8. The number of hydrogen-bond acceptors (Lipinski definition) is 5. The van der Waals surface area contributed by atoms with Gasteiger partial charge in [0.1, 0.15) is 5.54 Å². The molecule has 2 aliphatic rings. The maximum atomic E-state index is 11.5. The molecule has 19 heavy (non-hydrogen) atoms. The molecule has 6 N–H and O–H groups in total. The van der Waals surface area contributed by atoms with Gasteiger partial charge in [-0.3, -0.25) is 4.79 Å². The lowest BCUT2D eigenvalue weighted by Gasteiger charge is -2.30. The average molecular weight is 270 g/mol. The number of aliphatic carboxylic acids is 1. The molecule has 1 heterocycles. The van der Waals surface area contributed by atoms with Crippen LogP contribution in [0.1, 0.15) is 26.2 Å². The maximum absolute atomic E-state index is 11.5. The molecule has 2 fully saturated rings. The zero-order valence-corrected chi connectivity index (χ0v) is 11.2. The van der Waals surface area contributed by atoms with Crippen molar-refractivity contribution >= 4 is 13.1 Å². The third-order valence-corrected chi connectivity index (χ3v) is 5.00. The van der Waals surface area contributed by atoms with Gasteiger partial charge in [0, 0.05) is 6.04 Å². The summed E-state index contributed by atoms with van der Waals surface area (Å²) in [6, 6.07) is 0.306. The van der Waals surface area contributed by atoms with Crippen LogP contribution in [0.25, 0.3) is 0 Å². The second-order valence-corrected chi connectivity index (χ2v) is 6.09. The predicted molar refractivity (Wildman–Crippen MR) is 71.3 cm³/mol. The molecule has 0 amide bonds. The SMILES string of the molecule is CC1NCC2C1CC(N)(C(=O)O)C2CCCB(O)O. The molecule has 5 unspecified atom stereocenters. The van der Waals surface area contributed by atoms with E-state index >= 15 is 0 Å². The third kappa shape index (κ3) is 2.65. The van der Waals surface area contributed by atoms with Gasteiger partial charge in [-0.05, 0) is 50.4 Å². The van der Waals surface area contributed by atoms with Crippen LogP contribution in [0.3, 0.4) is 0 Å². The number of carboxylic acid groups (broad SMARTS) is 1. The van der Waals surface area contributed by atoms with Crippen molar-refractivity contribution in [3.63, 3.8) is 0 Å². The molecule has 0 radical (unpaired) electrons. The maximum Gasteiger partial charge on any atom is 0.451 e. The number of carboxylic acids is 1. The van der Waals surface area contributed by atoms with Crippen LogP contribution in [0, 0.1) is 17.8 Å². The van der Waals surface area contributed by atoms with Gasteiger partial charge in [0.05, 0.1) is 0 Å². The third-order valence-electron chi connectivity index (χ3n) is 5.00. The van der Waals surface area contributed by atoms with E-state index < -0.39 is 18.6 Å². The van der Waals surface area contributed by atoms with Crippen LogP contribution >= 0.6 is 0 Å². The highest BCUT2D eigenvalue weighted by molar-refractivity contribution is 6.40. The number of hydrogen-bond donors (Lipinski definition) is 5. The molecule has 1 saturated carbocycles. The predicted octanol–water partition coefficient (Wildman–Crippen LogP) is -0.734. The first-order valence-electron chi connectivity index (χ1n) is 6.98. The Morgan fingerprint density at radius 3 is 2.74 bits per heavy atom. The van der Waals surface area contributed by atoms with Crippen LogP contribution in [-0.2, 0) is 4.79 Å². The molecule has 1 aliphatic carbocycles. The summed E-state index contributed by atoms with van der Waals surface area (Å²) in [6.07, 6.45) is 2.00. The summed E-state index contributed by atoms with van der Waals surface area (Å²) in [5.74, 6) is -0.424. The largest absolute Gasteiger partial charge is 0.480 e. The van der Waals surface area contributed by atoms with Crippen molar-refractivity contribution in [3.8, 4) is 0 Å². The molecule has 7 heteroatoms. The van der Waals surface area contributed by atoms with Crippen LogP contribution in [0.5, 0.6) is 0 Å². The lowest BCUT2D eigenvalue weighted by Crippen LogP contribution is -2.53. The van der Waals surface area contributed by atoms with E-state index in [0.29, 0.717) is 31.2 Å². The van der Waals surface area contributed by atoms with Crippen molar-refractivity contribution in [2.75, 3.05) is 6.54 Å². The van der Waals surface area contributed by atoms with Crippen LogP contribution in [-0.4, -0.2) is 46.4 Å². The summed E-state index contributed by atoms with van der Waals surface area (Å²) < 4.78 is 0. The lowest BCUT2D eigenvalue weighted by molar-refractivity contribution is -0.145. The molecule has 108 valence electrons. The molecule has 0 spiro atoms. The Hall–Kier alpha value is -0.625. The van der Waals surface area contributed by atoms with Gasteiger partial charge in [0.15, 0.2) is 0 Å². The molecule has 0 aromatic carbocycles. The highest BCUT2D eigenvalue weighted by Crippen LogP contribution is 2.49. The Balaban J connectivity index is 2.09. The summed E-state index contributed by atoms with van der Waals surface area (Å²) in [5.41, 5.74) is 5.00. The minimum absolute atomic E-state index is 0.0915. The first-order valence-corrected chi connectivity index (χ1v) is 6.98. The summed E-state index contributed by atoms with van der Waals surface area (Å²) in [5, 5.41) is 30.6. The van der Waals surface area contributed by atoms with Crippen molar-refractivity contribution in [1.29, 1.82) is 0 Å². The van der Waals surface area contributed by atoms with Crippen LogP contribution in [0.15, 0.2) is 0 Å². The smallest absolute Gasteiger partial charge is 0.451 e. The van der Waals surface area contributed by atoms with E-state index in [4.69, 9.17) is 15.8 Å². The lowest BCUT2D eigenvalue weighted by atomic mass is 9.76. The highest BCUT2D eigenvalue weighted by atomic mass is 16.4. The van der Waals surface area contributed by atoms with E-state index in [-0.39, 0.29) is 18.2 Å². The molecular weight excluding hydrogens is 247 g/mol. The van der Waals surface area contributed by atoms with Crippen molar-refractivity contribution in [2.24, 2.45) is 23.5 Å². The summed E-state index contributed by atoms with van der Waals surface area (Å²) >= 11 is 0. The molecule has 2 rings (SSSR count). The summed E-state index contributed by atoms with van der Waals surface area (Å²) in [4.78, 5) is 11.5. The number of fused-ring (bicyclic) bond motifs is 1. The Labute approximate surface area is 113 Å². The highest BCUT2D eigenvalue weighted by Gasteiger charge is 2.58. The van der Waals surface area contributed by atoms with E-state index in [0.717, 1.165) is 6.54 Å². The molecule has 1 saturated heterocycles. The number of carbonyl (C=O) groups is 1. The van der Waals surface area contributed by atoms with E-state index in [2.05, 4.69) is 12.2 Å². The van der Waals surface area contributed by atoms with E-state index in [1.165, 1.54) is 0 Å². The molecule has 5 atom stereocenters. The fraction of sp³-hybridized carbons (Fsp3) is 0.917. The van der Waals surface area contributed by atoms with Gasteiger partial charge in [0.25, 0.3) is 0 Å². The minimum Gasteiger partial charge on any atom is -0.480 e. The number of nitrogens with one attached hydrogen (secondary N) is 1. The first-order chi connectivity index (χ1) is 8.86. The van der Waals surface area contributed by atoms with Gasteiger partial charge in [-0.15, -0.1) is 0 Å². The monoisotopic (exact) mass is 270 g/mol. The minimum atomic E-state index is -1.32. The van der Waals surface area contributed by atoms with Crippen molar-refractivity contribution in [1.82, 2.24) is 5.32 Å².